The Morgan fingerprint density at radius 2 is 1.68 bits per heavy atom. The van der Waals surface area contributed by atoms with E-state index in [9.17, 15) is 4.79 Å². The zero-order valence-corrected chi connectivity index (χ0v) is 13.1. The van der Waals surface area contributed by atoms with Gasteiger partial charge < -0.3 is 9.64 Å². The van der Waals surface area contributed by atoms with Crippen LogP contribution < -0.4 is 4.90 Å². The standard InChI is InChI=1S/C16H25NO2/c1-8-19-15(18)16(5,6)17(7)14-12(3)9-11(2)10-13(14)4/h9-10H,8H2,1-7H3. The lowest BCUT2D eigenvalue weighted by molar-refractivity contribution is -0.148. The van der Waals surface area contributed by atoms with Crippen molar-refractivity contribution in [1.82, 2.24) is 0 Å². The van der Waals surface area contributed by atoms with Crippen LogP contribution in [0.1, 0.15) is 37.5 Å². The number of esters is 1. The summed E-state index contributed by atoms with van der Waals surface area (Å²) in [5.41, 5.74) is 4.01. The van der Waals surface area contributed by atoms with Crippen molar-refractivity contribution in [2.75, 3.05) is 18.6 Å². The maximum absolute atomic E-state index is 12.1. The average Bonchev–Trinajstić information content (AvgIpc) is 2.27. The van der Waals surface area contributed by atoms with Crippen LogP contribution in [0, 0.1) is 20.8 Å². The molecule has 0 radical (unpaired) electrons. The smallest absolute Gasteiger partial charge is 0.331 e. The van der Waals surface area contributed by atoms with E-state index in [-0.39, 0.29) is 5.97 Å². The number of aryl methyl sites for hydroxylation is 3. The van der Waals surface area contributed by atoms with Crippen molar-refractivity contribution in [3.05, 3.63) is 28.8 Å². The zero-order valence-electron chi connectivity index (χ0n) is 13.1. The van der Waals surface area contributed by atoms with Crippen LogP contribution in [0.5, 0.6) is 0 Å². The highest BCUT2D eigenvalue weighted by Crippen LogP contribution is 2.30. The molecule has 0 amide bonds. The maximum atomic E-state index is 12.1. The van der Waals surface area contributed by atoms with Crippen molar-refractivity contribution in [3.8, 4) is 0 Å². The van der Waals surface area contributed by atoms with Gasteiger partial charge in [-0.05, 0) is 52.7 Å². The minimum Gasteiger partial charge on any atom is -0.464 e. The summed E-state index contributed by atoms with van der Waals surface area (Å²) in [4.78, 5) is 14.1. The van der Waals surface area contributed by atoms with Gasteiger partial charge >= 0.3 is 5.97 Å². The molecule has 106 valence electrons. The van der Waals surface area contributed by atoms with Gasteiger partial charge in [0.25, 0.3) is 0 Å². The number of ether oxygens (including phenoxy) is 1. The molecule has 0 aliphatic heterocycles. The molecule has 0 heterocycles. The van der Waals surface area contributed by atoms with Crippen molar-refractivity contribution in [3.63, 3.8) is 0 Å². The second-order valence-electron chi connectivity index (χ2n) is 5.59. The lowest BCUT2D eigenvalue weighted by Crippen LogP contribution is -2.49. The molecule has 0 N–H and O–H groups in total. The number of hydrogen-bond donors (Lipinski definition) is 0. The molecule has 0 aliphatic rings. The Kier molecular flexibility index (Phi) is 4.61. The summed E-state index contributed by atoms with van der Waals surface area (Å²) in [7, 11) is 1.95. The first kappa shape index (κ1) is 15.5. The van der Waals surface area contributed by atoms with Gasteiger partial charge in [-0.2, -0.15) is 0 Å². The average molecular weight is 263 g/mol. The highest BCUT2D eigenvalue weighted by molar-refractivity contribution is 5.85. The highest BCUT2D eigenvalue weighted by Gasteiger charge is 2.35. The number of benzene rings is 1. The van der Waals surface area contributed by atoms with Gasteiger partial charge in [-0.1, -0.05) is 17.7 Å². The number of likely N-dealkylation sites (N-methyl/N-ethyl adjacent to an activating group) is 1. The molecule has 0 bridgehead atoms. The van der Waals surface area contributed by atoms with Crippen LogP contribution in [0.15, 0.2) is 12.1 Å². The van der Waals surface area contributed by atoms with Gasteiger partial charge in [0.15, 0.2) is 0 Å². The fourth-order valence-electron chi connectivity index (χ4n) is 2.43. The van der Waals surface area contributed by atoms with Gasteiger partial charge in [0.1, 0.15) is 5.54 Å². The molecule has 0 saturated carbocycles. The van der Waals surface area contributed by atoms with Gasteiger partial charge in [-0.25, -0.2) is 4.79 Å². The molecule has 0 unspecified atom stereocenters. The summed E-state index contributed by atoms with van der Waals surface area (Å²) < 4.78 is 5.17. The molecular weight excluding hydrogens is 238 g/mol. The normalized spacial score (nSPS) is 11.3. The summed E-state index contributed by atoms with van der Waals surface area (Å²) in [6.45, 7) is 12.3. The number of carbonyl (C=O) groups excluding carboxylic acids is 1. The summed E-state index contributed by atoms with van der Waals surface area (Å²) in [6.07, 6.45) is 0. The number of anilines is 1. The van der Waals surface area contributed by atoms with Gasteiger partial charge in [-0.15, -0.1) is 0 Å². The van der Waals surface area contributed by atoms with Crippen LogP contribution in [0.3, 0.4) is 0 Å². The van der Waals surface area contributed by atoms with E-state index in [1.54, 1.807) is 0 Å². The number of nitrogens with zero attached hydrogens (tertiary/aromatic N) is 1. The molecule has 1 aromatic carbocycles. The molecule has 0 spiro atoms. The summed E-state index contributed by atoms with van der Waals surface area (Å²) in [6, 6.07) is 4.28. The van der Waals surface area contributed by atoms with Crippen LogP contribution >= 0.6 is 0 Å². The third-order valence-corrected chi connectivity index (χ3v) is 3.58. The molecular formula is C16H25NO2. The molecule has 0 atom stereocenters. The van der Waals surface area contributed by atoms with E-state index in [2.05, 4.69) is 32.9 Å². The molecule has 1 rings (SSSR count). The first-order valence-electron chi connectivity index (χ1n) is 6.70. The van der Waals surface area contributed by atoms with E-state index in [1.807, 2.05) is 32.7 Å². The largest absolute Gasteiger partial charge is 0.464 e. The zero-order chi connectivity index (χ0) is 14.8. The summed E-state index contributed by atoms with van der Waals surface area (Å²) in [5.74, 6) is -0.197. The second kappa shape index (κ2) is 5.64. The van der Waals surface area contributed by atoms with E-state index in [0.717, 1.165) is 5.69 Å². The number of rotatable bonds is 4. The van der Waals surface area contributed by atoms with Crippen molar-refractivity contribution < 1.29 is 9.53 Å². The molecule has 19 heavy (non-hydrogen) atoms. The van der Waals surface area contributed by atoms with Crippen LogP contribution in [-0.2, 0) is 9.53 Å². The van der Waals surface area contributed by atoms with Crippen LogP contribution in [0.2, 0.25) is 0 Å². The van der Waals surface area contributed by atoms with E-state index in [4.69, 9.17) is 4.74 Å². The van der Waals surface area contributed by atoms with Gasteiger partial charge in [0.05, 0.1) is 6.61 Å². The van der Waals surface area contributed by atoms with Crippen LogP contribution in [-0.4, -0.2) is 25.2 Å². The first-order valence-corrected chi connectivity index (χ1v) is 6.70. The minimum atomic E-state index is -0.680. The maximum Gasteiger partial charge on any atom is 0.331 e. The van der Waals surface area contributed by atoms with Crippen molar-refractivity contribution in [2.24, 2.45) is 0 Å². The molecule has 1 aromatic rings. The Hall–Kier alpha value is -1.51. The molecule has 3 nitrogen and oxygen atoms in total. The topological polar surface area (TPSA) is 29.5 Å². The van der Waals surface area contributed by atoms with Crippen molar-refractivity contribution in [2.45, 2.75) is 47.1 Å². The lowest BCUT2D eigenvalue weighted by Gasteiger charge is -2.37. The highest BCUT2D eigenvalue weighted by atomic mass is 16.5. The Balaban J connectivity index is 3.19. The SMILES string of the molecule is CCOC(=O)C(C)(C)N(C)c1c(C)cc(C)cc1C. The second-order valence-corrected chi connectivity index (χ2v) is 5.59. The lowest BCUT2D eigenvalue weighted by atomic mass is 9.98. The minimum absolute atomic E-state index is 0.197. The van der Waals surface area contributed by atoms with E-state index in [0.29, 0.717) is 6.61 Å². The predicted octanol–water partition coefficient (Wildman–Crippen LogP) is 3.39. The Bertz CT molecular complexity index is 455. The first-order chi connectivity index (χ1) is 8.71. The van der Waals surface area contributed by atoms with E-state index in [1.165, 1.54) is 16.7 Å². The fraction of sp³-hybridized carbons (Fsp3) is 0.562. The summed E-state index contributed by atoms with van der Waals surface area (Å²) >= 11 is 0. The van der Waals surface area contributed by atoms with Gasteiger partial charge in [0, 0.05) is 12.7 Å². The van der Waals surface area contributed by atoms with Crippen molar-refractivity contribution >= 4 is 11.7 Å². The Morgan fingerprint density at radius 1 is 1.21 bits per heavy atom. The molecule has 0 aliphatic carbocycles. The van der Waals surface area contributed by atoms with E-state index >= 15 is 0 Å². The Morgan fingerprint density at radius 3 is 2.11 bits per heavy atom. The number of hydrogen-bond acceptors (Lipinski definition) is 3. The molecule has 0 fully saturated rings. The quantitative estimate of drug-likeness (QED) is 0.780. The monoisotopic (exact) mass is 263 g/mol. The molecule has 0 saturated heterocycles. The molecule has 0 aromatic heterocycles. The van der Waals surface area contributed by atoms with Gasteiger partial charge in [-0.3, -0.25) is 0 Å². The van der Waals surface area contributed by atoms with Gasteiger partial charge in [0.2, 0.25) is 0 Å². The third kappa shape index (κ3) is 3.09. The van der Waals surface area contributed by atoms with Crippen LogP contribution in [0.25, 0.3) is 0 Å². The van der Waals surface area contributed by atoms with Crippen LogP contribution in [0.4, 0.5) is 5.69 Å². The third-order valence-electron chi connectivity index (χ3n) is 3.58. The fourth-order valence-corrected chi connectivity index (χ4v) is 2.43. The van der Waals surface area contributed by atoms with E-state index < -0.39 is 5.54 Å². The number of carbonyl (C=O) groups is 1. The van der Waals surface area contributed by atoms with Crippen molar-refractivity contribution in [1.29, 1.82) is 0 Å². The summed E-state index contributed by atoms with van der Waals surface area (Å²) in [5, 5.41) is 0. The molecule has 3 heteroatoms. The predicted molar refractivity (Wildman–Crippen MR) is 79.8 cm³/mol. The Labute approximate surface area is 116 Å².